The van der Waals surface area contributed by atoms with Crippen LogP contribution in [0.15, 0.2) is 11.6 Å². The Hall–Kier alpha value is -0.0900. The summed E-state index contributed by atoms with van der Waals surface area (Å²) in [7, 11) is 0. The quantitative estimate of drug-likeness (QED) is 0.451. The maximum absolute atomic E-state index is 8.40. The normalized spacial score (nSPS) is 10.8. The summed E-state index contributed by atoms with van der Waals surface area (Å²) in [5.41, 5.74) is 0.871. The van der Waals surface area contributed by atoms with Gasteiger partial charge in [-0.3, -0.25) is 0 Å². The van der Waals surface area contributed by atoms with Crippen molar-refractivity contribution in [1.29, 1.82) is 0 Å². The van der Waals surface area contributed by atoms with Crippen LogP contribution in [-0.4, -0.2) is 18.3 Å². The topological polar surface area (TPSA) is 55.5 Å². The van der Waals surface area contributed by atoms with Crippen LogP contribution in [0.4, 0.5) is 0 Å². The second-order valence-corrected chi connectivity index (χ2v) is 1.54. The van der Waals surface area contributed by atoms with Crippen molar-refractivity contribution in [1.82, 2.24) is 0 Å². The first-order valence-electron chi connectivity index (χ1n) is 2.39. The Bertz CT molecular complexity index is 85.0. The molecular weight excluding hydrogens is 142 g/mol. The van der Waals surface area contributed by atoms with Gasteiger partial charge in [-0.25, -0.2) is 5.90 Å². The van der Waals surface area contributed by atoms with Crippen molar-refractivity contribution in [3.05, 3.63) is 11.6 Å². The molecule has 4 heteroatoms. The first kappa shape index (κ1) is 11.7. The lowest BCUT2D eigenvalue weighted by atomic mass is 10.3. The molecule has 0 atom stereocenters. The van der Waals surface area contributed by atoms with Gasteiger partial charge in [-0.2, -0.15) is 0 Å². The van der Waals surface area contributed by atoms with Crippen molar-refractivity contribution < 1.29 is 9.94 Å². The highest BCUT2D eigenvalue weighted by atomic mass is 35.5. The summed E-state index contributed by atoms with van der Waals surface area (Å²) >= 11 is 0. The molecule has 0 amide bonds. The number of aliphatic hydroxyl groups excluding tert-OH is 1. The lowest BCUT2D eigenvalue weighted by molar-refractivity contribution is 0.167. The van der Waals surface area contributed by atoms with Gasteiger partial charge in [-0.1, -0.05) is 6.08 Å². The van der Waals surface area contributed by atoms with Crippen molar-refractivity contribution in [2.24, 2.45) is 5.90 Å². The van der Waals surface area contributed by atoms with Crippen molar-refractivity contribution in [2.45, 2.75) is 6.92 Å². The third-order valence-corrected chi connectivity index (χ3v) is 0.777. The minimum atomic E-state index is 0. The minimum Gasteiger partial charge on any atom is -0.392 e. The van der Waals surface area contributed by atoms with Crippen LogP contribution in [-0.2, 0) is 4.84 Å². The highest BCUT2D eigenvalue weighted by molar-refractivity contribution is 5.85. The van der Waals surface area contributed by atoms with E-state index in [4.69, 9.17) is 11.0 Å². The van der Waals surface area contributed by atoms with E-state index in [1.807, 2.05) is 0 Å². The van der Waals surface area contributed by atoms with Crippen molar-refractivity contribution >= 4 is 12.4 Å². The van der Waals surface area contributed by atoms with Crippen LogP contribution < -0.4 is 5.90 Å². The van der Waals surface area contributed by atoms with Gasteiger partial charge in [0.1, 0.15) is 0 Å². The molecule has 3 nitrogen and oxygen atoms in total. The molecule has 0 saturated heterocycles. The zero-order chi connectivity index (χ0) is 6.41. The molecule has 0 aliphatic heterocycles. The standard InChI is InChI=1S/C5H11NO2.ClH/c1-5(4-7)2-3-8-6;/h2,7H,3-4,6H2,1H3;1H/b5-2+;. The maximum atomic E-state index is 8.40. The first-order chi connectivity index (χ1) is 3.81. The van der Waals surface area contributed by atoms with Gasteiger partial charge in [0.2, 0.25) is 0 Å². The highest BCUT2D eigenvalue weighted by Gasteiger charge is 1.81. The SMILES string of the molecule is C/C(=C\CON)CO.Cl. The molecule has 9 heavy (non-hydrogen) atoms. The average molecular weight is 154 g/mol. The Kier molecular flexibility index (Phi) is 10.3. The molecule has 56 valence electrons. The second kappa shape index (κ2) is 7.91. The second-order valence-electron chi connectivity index (χ2n) is 1.54. The molecule has 0 heterocycles. The van der Waals surface area contributed by atoms with Crippen molar-refractivity contribution in [3.8, 4) is 0 Å². The third kappa shape index (κ3) is 7.91. The third-order valence-electron chi connectivity index (χ3n) is 0.777. The molecule has 0 radical (unpaired) electrons. The highest BCUT2D eigenvalue weighted by Crippen LogP contribution is 1.86. The average Bonchev–Trinajstić information content (AvgIpc) is 1.83. The zero-order valence-electron chi connectivity index (χ0n) is 5.33. The van der Waals surface area contributed by atoms with E-state index < -0.39 is 0 Å². The van der Waals surface area contributed by atoms with E-state index in [9.17, 15) is 0 Å². The molecule has 0 spiro atoms. The van der Waals surface area contributed by atoms with E-state index in [0.29, 0.717) is 6.61 Å². The van der Waals surface area contributed by atoms with E-state index >= 15 is 0 Å². The molecule has 0 fully saturated rings. The number of rotatable bonds is 3. The van der Waals surface area contributed by atoms with Gasteiger partial charge in [0.25, 0.3) is 0 Å². The van der Waals surface area contributed by atoms with Crippen LogP contribution in [0.3, 0.4) is 0 Å². The summed E-state index contributed by atoms with van der Waals surface area (Å²) in [5.74, 6) is 4.71. The smallest absolute Gasteiger partial charge is 0.0864 e. The predicted molar refractivity (Wildman–Crippen MR) is 38.2 cm³/mol. The Labute approximate surface area is 60.9 Å². The number of hydrogen-bond acceptors (Lipinski definition) is 3. The monoisotopic (exact) mass is 153 g/mol. The minimum absolute atomic E-state index is 0. The van der Waals surface area contributed by atoms with Crippen LogP contribution >= 0.6 is 12.4 Å². The number of aliphatic hydroxyl groups is 1. The fourth-order valence-corrected chi connectivity index (χ4v) is 0.255. The van der Waals surface area contributed by atoms with Crippen LogP contribution in [0.2, 0.25) is 0 Å². The van der Waals surface area contributed by atoms with Crippen LogP contribution in [0.25, 0.3) is 0 Å². The number of halogens is 1. The molecule has 0 saturated carbocycles. The molecule has 0 bridgehead atoms. The van der Waals surface area contributed by atoms with Gasteiger partial charge >= 0.3 is 0 Å². The van der Waals surface area contributed by atoms with Crippen LogP contribution in [0.1, 0.15) is 6.92 Å². The Morgan fingerprint density at radius 1 is 1.78 bits per heavy atom. The molecule has 0 aromatic rings. The summed E-state index contributed by atoms with van der Waals surface area (Å²) in [4.78, 5) is 4.23. The lowest BCUT2D eigenvalue weighted by Crippen LogP contribution is -1.98. The van der Waals surface area contributed by atoms with Gasteiger partial charge in [0.15, 0.2) is 0 Å². The number of hydrogen-bond donors (Lipinski definition) is 2. The molecule has 0 aromatic carbocycles. The summed E-state index contributed by atoms with van der Waals surface area (Å²) in [6.45, 7) is 2.24. The summed E-state index contributed by atoms with van der Waals surface area (Å²) in [5, 5.41) is 8.40. The fourth-order valence-electron chi connectivity index (χ4n) is 0.255. The van der Waals surface area contributed by atoms with Gasteiger partial charge in [0.05, 0.1) is 13.2 Å². The molecule has 3 N–H and O–H groups in total. The molecule has 0 aliphatic carbocycles. The van der Waals surface area contributed by atoms with Crippen molar-refractivity contribution in [3.63, 3.8) is 0 Å². The maximum Gasteiger partial charge on any atom is 0.0864 e. The molecule has 0 aromatic heterocycles. The van der Waals surface area contributed by atoms with E-state index in [0.717, 1.165) is 5.57 Å². The zero-order valence-corrected chi connectivity index (χ0v) is 6.15. The van der Waals surface area contributed by atoms with Crippen LogP contribution in [0, 0.1) is 0 Å². The molecular formula is C5H12ClNO2. The summed E-state index contributed by atoms with van der Waals surface area (Å²) in [6, 6.07) is 0. The Morgan fingerprint density at radius 3 is 2.67 bits per heavy atom. The van der Waals surface area contributed by atoms with E-state index in [1.54, 1.807) is 13.0 Å². The molecule has 0 aliphatic rings. The first-order valence-corrected chi connectivity index (χ1v) is 2.39. The summed E-state index contributed by atoms with van der Waals surface area (Å²) < 4.78 is 0. The molecule has 0 rings (SSSR count). The summed E-state index contributed by atoms with van der Waals surface area (Å²) in [6.07, 6.45) is 1.72. The largest absolute Gasteiger partial charge is 0.392 e. The van der Waals surface area contributed by atoms with Gasteiger partial charge < -0.3 is 9.94 Å². The van der Waals surface area contributed by atoms with Gasteiger partial charge in [-0.05, 0) is 12.5 Å². The Balaban J connectivity index is 0. The number of nitrogens with two attached hydrogens (primary N) is 1. The fraction of sp³-hybridized carbons (Fsp3) is 0.600. The van der Waals surface area contributed by atoms with Gasteiger partial charge in [-0.15, -0.1) is 12.4 Å². The van der Waals surface area contributed by atoms with Crippen LogP contribution in [0.5, 0.6) is 0 Å². The van der Waals surface area contributed by atoms with Gasteiger partial charge in [0, 0.05) is 0 Å². The Morgan fingerprint density at radius 2 is 2.33 bits per heavy atom. The van der Waals surface area contributed by atoms with E-state index in [2.05, 4.69) is 4.84 Å². The predicted octanol–water partition coefficient (Wildman–Crippen LogP) is 0.237. The van der Waals surface area contributed by atoms with E-state index in [1.165, 1.54) is 0 Å². The lowest BCUT2D eigenvalue weighted by Gasteiger charge is -1.91. The molecule has 0 unspecified atom stereocenters. The van der Waals surface area contributed by atoms with Crippen molar-refractivity contribution in [2.75, 3.05) is 13.2 Å². The van der Waals surface area contributed by atoms with E-state index in [-0.39, 0.29) is 19.0 Å².